The number of hydrogen-bond donors (Lipinski definition) is 0. The molecule has 0 saturated carbocycles. The standard InChI is InChI=1S/C17H15F3N2O3/c1-22(10-12-4-6-14(7-5-12)24-17(18,19)20)11-13-9-16(25-21-13)15-3-2-8-23-15/h2-9H,10-11H2,1H3. The monoisotopic (exact) mass is 352 g/mol. The number of rotatable bonds is 6. The summed E-state index contributed by atoms with van der Waals surface area (Å²) in [5, 5.41) is 3.99. The second kappa shape index (κ2) is 7.02. The van der Waals surface area contributed by atoms with Crippen LogP contribution in [-0.2, 0) is 13.1 Å². The summed E-state index contributed by atoms with van der Waals surface area (Å²) in [7, 11) is 1.88. The van der Waals surface area contributed by atoms with Crippen molar-refractivity contribution < 1.29 is 26.8 Å². The molecule has 0 atom stereocenters. The lowest BCUT2D eigenvalue weighted by molar-refractivity contribution is -0.274. The zero-order valence-electron chi connectivity index (χ0n) is 13.3. The van der Waals surface area contributed by atoms with Crippen LogP contribution in [0.15, 0.2) is 57.7 Å². The second-order valence-corrected chi connectivity index (χ2v) is 5.52. The van der Waals surface area contributed by atoms with E-state index in [0.717, 1.165) is 11.3 Å². The van der Waals surface area contributed by atoms with Gasteiger partial charge in [-0.1, -0.05) is 17.3 Å². The summed E-state index contributed by atoms with van der Waals surface area (Å²) in [5.41, 5.74) is 1.58. The first-order valence-electron chi connectivity index (χ1n) is 7.42. The fourth-order valence-electron chi connectivity index (χ4n) is 2.36. The van der Waals surface area contributed by atoms with E-state index in [1.165, 1.54) is 12.1 Å². The van der Waals surface area contributed by atoms with Crippen molar-refractivity contribution in [3.8, 4) is 17.3 Å². The molecule has 2 aromatic heterocycles. The Balaban J connectivity index is 1.56. The van der Waals surface area contributed by atoms with Crippen LogP contribution < -0.4 is 4.74 Å². The molecule has 25 heavy (non-hydrogen) atoms. The Bertz CT molecular complexity index is 795. The van der Waals surface area contributed by atoms with Crippen LogP contribution in [0.1, 0.15) is 11.3 Å². The Hall–Kier alpha value is -2.74. The molecule has 132 valence electrons. The van der Waals surface area contributed by atoms with E-state index in [1.807, 2.05) is 11.9 Å². The molecular weight excluding hydrogens is 337 g/mol. The highest BCUT2D eigenvalue weighted by Crippen LogP contribution is 2.24. The number of benzene rings is 1. The van der Waals surface area contributed by atoms with Crippen LogP contribution in [0, 0.1) is 0 Å². The maximum absolute atomic E-state index is 12.1. The average molecular weight is 352 g/mol. The van der Waals surface area contributed by atoms with Gasteiger partial charge in [-0.2, -0.15) is 0 Å². The summed E-state index contributed by atoms with van der Waals surface area (Å²) in [5.74, 6) is 0.905. The van der Waals surface area contributed by atoms with Gasteiger partial charge in [0.25, 0.3) is 0 Å². The normalized spacial score (nSPS) is 11.9. The summed E-state index contributed by atoms with van der Waals surface area (Å²) in [6, 6.07) is 11.1. The lowest BCUT2D eigenvalue weighted by atomic mass is 10.2. The smallest absolute Gasteiger partial charge is 0.461 e. The maximum Gasteiger partial charge on any atom is 0.573 e. The van der Waals surface area contributed by atoms with Gasteiger partial charge in [0.1, 0.15) is 5.75 Å². The van der Waals surface area contributed by atoms with E-state index in [1.54, 1.807) is 36.6 Å². The van der Waals surface area contributed by atoms with Gasteiger partial charge < -0.3 is 13.7 Å². The van der Waals surface area contributed by atoms with Gasteiger partial charge in [-0.3, -0.25) is 4.90 Å². The molecule has 0 saturated heterocycles. The molecule has 1 aromatic carbocycles. The van der Waals surface area contributed by atoms with E-state index in [0.29, 0.717) is 24.6 Å². The predicted octanol–water partition coefficient (Wildman–Crippen LogP) is 4.47. The van der Waals surface area contributed by atoms with Crippen LogP contribution in [0.3, 0.4) is 0 Å². The van der Waals surface area contributed by atoms with Gasteiger partial charge >= 0.3 is 6.36 Å². The summed E-state index contributed by atoms with van der Waals surface area (Å²) >= 11 is 0. The van der Waals surface area contributed by atoms with Crippen molar-refractivity contribution in [1.82, 2.24) is 10.1 Å². The SMILES string of the molecule is CN(Cc1ccc(OC(F)(F)F)cc1)Cc1cc(-c2ccco2)on1. The van der Waals surface area contributed by atoms with Crippen LogP contribution in [0.4, 0.5) is 13.2 Å². The van der Waals surface area contributed by atoms with Crippen molar-refractivity contribution in [3.05, 3.63) is 60.0 Å². The molecule has 0 aliphatic heterocycles. The van der Waals surface area contributed by atoms with Crippen molar-refractivity contribution in [1.29, 1.82) is 0 Å². The van der Waals surface area contributed by atoms with Gasteiger partial charge in [-0.05, 0) is 36.9 Å². The van der Waals surface area contributed by atoms with E-state index in [2.05, 4.69) is 9.89 Å². The first kappa shape index (κ1) is 17.1. The fourth-order valence-corrected chi connectivity index (χ4v) is 2.36. The van der Waals surface area contributed by atoms with E-state index in [-0.39, 0.29) is 5.75 Å². The van der Waals surface area contributed by atoms with Gasteiger partial charge in [0.15, 0.2) is 5.76 Å². The van der Waals surface area contributed by atoms with E-state index in [9.17, 15) is 13.2 Å². The number of hydrogen-bond acceptors (Lipinski definition) is 5. The van der Waals surface area contributed by atoms with E-state index < -0.39 is 6.36 Å². The van der Waals surface area contributed by atoms with Crippen molar-refractivity contribution in [2.75, 3.05) is 7.05 Å². The van der Waals surface area contributed by atoms with Crippen molar-refractivity contribution in [2.45, 2.75) is 19.5 Å². The molecule has 0 radical (unpaired) electrons. The topological polar surface area (TPSA) is 51.6 Å². The Morgan fingerprint density at radius 2 is 1.84 bits per heavy atom. The van der Waals surface area contributed by atoms with Crippen molar-refractivity contribution in [3.63, 3.8) is 0 Å². The maximum atomic E-state index is 12.1. The number of ether oxygens (including phenoxy) is 1. The highest BCUT2D eigenvalue weighted by Gasteiger charge is 2.30. The molecule has 0 spiro atoms. The minimum Gasteiger partial charge on any atom is -0.461 e. The zero-order chi connectivity index (χ0) is 17.9. The van der Waals surface area contributed by atoms with Gasteiger partial charge in [0, 0.05) is 19.2 Å². The molecule has 3 rings (SSSR count). The molecule has 0 N–H and O–H groups in total. The minimum atomic E-state index is -4.68. The first-order chi connectivity index (χ1) is 11.9. The van der Waals surface area contributed by atoms with Crippen LogP contribution in [0.25, 0.3) is 11.5 Å². The molecule has 0 aliphatic rings. The molecular formula is C17H15F3N2O3. The first-order valence-corrected chi connectivity index (χ1v) is 7.42. The largest absolute Gasteiger partial charge is 0.573 e. The number of aromatic nitrogens is 1. The summed E-state index contributed by atoms with van der Waals surface area (Å²) in [6.07, 6.45) is -3.13. The molecule has 5 nitrogen and oxygen atoms in total. The molecule has 2 heterocycles. The second-order valence-electron chi connectivity index (χ2n) is 5.52. The molecule has 0 bridgehead atoms. The highest BCUT2D eigenvalue weighted by molar-refractivity contribution is 5.49. The third-order valence-corrected chi connectivity index (χ3v) is 3.36. The summed E-state index contributed by atoms with van der Waals surface area (Å²) < 4.78 is 50.8. The molecule has 0 aliphatic carbocycles. The number of nitrogens with zero attached hydrogens (tertiary/aromatic N) is 2. The van der Waals surface area contributed by atoms with Crippen molar-refractivity contribution >= 4 is 0 Å². The van der Waals surface area contributed by atoms with Gasteiger partial charge in [-0.15, -0.1) is 13.2 Å². The van der Waals surface area contributed by atoms with Crippen LogP contribution in [-0.4, -0.2) is 23.5 Å². The predicted molar refractivity (Wildman–Crippen MR) is 82.5 cm³/mol. The minimum absolute atomic E-state index is 0.238. The van der Waals surface area contributed by atoms with Crippen LogP contribution >= 0.6 is 0 Å². The molecule has 0 unspecified atom stereocenters. The van der Waals surface area contributed by atoms with Crippen LogP contribution in [0.5, 0.6) is 5.75 Å². The Morgan fingerprint density at radius 1 is 1.08 bits per heavy atom. The summed E-state index contributed by atoms with van der Waals surface area (Å²) in [6.45, 7) is 1.06. The van der Waals surface area contributed by atoms with Gasteiger partial charge in [0.05, 0.1) is 12.0 Å². The lowest BCUT2D eigenvalue weighted by Crippen LogP contribution is -2.18. The number of halogens is 3. The molecule has 3 aromatic rings. The third-order valence-electron chi connectivity index (χ3n) is 3.36. The fraction of sp³-hybridized carbons (Fsp3) is 0.235. The average Bonchev–Trinajstić information content (AvgIpc) is 3.18. The van der Waals surface area contributed by atoms with Crippen molar-refractivity contribution in [2.24, 2.45) is 0 Å². The Kier molecular flexibility index (Phi) is 4.80. The van der Waals surface area contributed by atoms with Gasteiger partial charge in [-0.25, -0.2) is 0 Å². The molecule has 8 heteroatoms. The zero-order valence-corrected chi connectivity index (χ0v) is 13.3. The van der Waals surface area contributed by atoms with E-state index >= 15 is 0 Å². The number of furan rings is 1. The highest BCUT2D eigenvalue weighted by atomic mass is 19.4. The molecule has 0 amide bonds. The quantitative estimate of drug-likeness (QED) is 0.655. The lowest BCUT2D eigenvalue weighted by Gasteiger charge is -2.15. The Labute approximate surface area is 141 Å². The third kappa shape index (κ3) is 4.87. The van der Waals surface area contributed by atoms with Crippen LogP contribution in [0.2, 0.25) is 0 Å². The van der Waals surface area contributed by atoms with E-state index in [4.69, 9.17) is 8.94 Å². The number of alkyl halides is 3. The summed E-state index contributed by atoms with van der Waals surface area (Å²) in [4.78, 5) is 1.96. The van der Waals surface area contributed by atoms with Gasteiger partial charge in [0.2, 0.25) is 5.76 Å². The molecule has 0 fully saturated rings. The Morgan fingerprint density at radius 3 is 2.48 bits per heavy atom.